The number of benzene rings is 1. The molecule has 1 rings (SSSR count). The molecule has 0 unspecified atom stereocenters. The van der Waals surface area contributed by atoms with Crippen molar-refractivity contribution < 1.29 is 0 Å². The molecule has 1 nitrogen and oxygen atoms in total. The van der Waals surface area contributed by atoms with E-state index in [1.165, 1.54) is 3.57 Å². The summed E-state index contributed by atoms with van der Waals surface area (Å²) in [5.74, 6) is 0. The van der Waals surface area contributed by atoms with Gasteiger partial charge in [0, 0.05) is 21.0 Å². The van der Waals surface area contributed by atoms with E-state index in [0.29, 0.717) is 0 Å². The van der Waals surface area contributed by atoms with Gasteiger partial charge in [-0.3, -0.25) is 4.84 Å². The fraction of sp³-hybridized carbons (Fsp3) is 0. The molecule has 0 fully saturated rings. The zero-order valence-electron chi connectivity index (χ0n) is 4.57. The van der Waals surface area contributed by atoms with E-state index in [-0.39, 0.29) is 0 Å². The first-order valence-corrected chi connectivity index (χ1v) is 3.91. The lowest BCUT2D eigenvalue weighted by Gasteiger charge is -1.94. The first kappa shape index (κ1) is 7.15. The van der Waals surface area contributed by atoms with E-state index < -0.39 is 0 Å². The summed E-state index contributed by atoms with van der Waals surface area (Å²) >= 11 is 7.57. The highest BCUT2D eigenvalue weighted by Crippen LogP contribution is 2.10. The van der Waals surface area contributed by atoms with Crippen molar-refractivity contribution in [2.45, 2.75) is 0 Å². The summed E-state index contributed by atoms with van der Waals surface area (Å²) in [7, 11) is 0. The van der Waals surface area contributed by atoms with Gasteiger partial charge < -0.3 is 0 Å². The molecule has 48 valence electrons. The average Bonchev–Trinajstić information content (AvgIpc) is 1.90. The van der Waals surface area contributed by atoms with Crippen molar-refractivity contribution in [2.24, 2.45) is 0 Å². The summed E-state index contributed by atoms with van der Waals surface area (Å²) in [5, 5.41) is 0. The van der Waals surface area contributed by atoms with Crippen LogP contribution in [0.4, 0.5) is 5.69 Å². The predicted molar refractivity (Wildman–Crippen MR) is 48.6 cm³/mol. The molecule has 1 N–H and O–H groups in total. The molecule has 0 spiro atoms. The lowest BCUT2D eigenvalue weighted by molar-refractivity contribution is 1.63. The average molecular weight is 253 g/mol. The topological polar surface area (TPSA) is 12.0 Å². The fourth-order valence-electron chi connectivity index (χ4n) is 0.513. The zero-order chi connectivity index (χ0) is 6.69. The Balaban J connectivity index is 2.88. The van der Waals surface area contributed by atoms with E-state index in [9.17, 15) is 0 Å². The first-order valence-electron chi connectivity index (χ1n) is 2.45. The second kappa shape index (κ2) is 3.27. The molecular formula is C6H5ClIN. The third-order valence-electron chi connectivity index (χ3n) is 0.953. The van der Waals surface area contributed by atoms with Crippen LogP contribution in [-0.2, 0) is 0 Å². The quantitative estimate of drug-likeness (QED) is 0.599. The minimum atomic E-state index is 0.928. The third-order valence-corrected chi connectivity index (χ3v) is 1.89. The fourth-order valence-corrected chi connectivity index (χ4v) is 0.998. The van der Waals surface area contributed by atoms with Crippen LogP contribution in [-0.4, -0.2) is 0 Å². The Morgan fingerprint density at radius 2 is 1.78 bits per heavy atom. The van der Waals surface area contributed by atoms with Crippen LogP contribution in [0.15, 0.2) is 24.3 Å². The highest BCUT2D eigenvalue weighted by atomic mass is 127. The van der Waals surface area contributed by atoms with Gasteiger partial charge in [0.1, 0.15) is 0 Å². The van der Waals surface area contributed by atoms with Crippen LogP contribution in [0.5, 0.6) is 0 Å². The van der Waals surface area contributed by atoms with Gasteiger partial charge in [-0.05, 0) is 46.9 Å². The summed E-state index contributed by atoms with van der Waals surface area (Å²) in [6.45, 7) is 0. The van der Waals surface area contributed by atoms with Crippen molar-refractivity contribution >= 4 is 40.1 Å². The van der Waals surface area contributed by atoms with Gasteiger partial charge in [0.05, 0.1) is 0 Å². The predicted octanol–water partition coefficient (Wildman–Crippen LogP) is 2.86. The maximum absolute atomic E-state index is 5.33. The first-order chi connectivity index (χ1) is 4.33. The van der Waals surface area contributed by atoms with E-state index in [2.05, 4.69) is 27.4 Å². The molecule has 9 heavy (non-hydrogen) atoms. The Hall–Kier alpha value is 0.0400. The van der Waals surface area contributed by atoms with Crippen LogP contribution in [0.3, 0.4) is 0 Å². The van der Waals surface area contributed by atoms with Crippen molar-refractivity contribution in [3.05, 3.63) is 27.8 Å². The normalized spacial score (nSPS) is 9.11. The van der Waals surface area contributed by atoms with Gasteiger partial charge in [0.2, 0.25) is 0 Å². The van der Waals surface area contributed by atoms with Crippen LogP contribution in [0.1, 0.15) is 0 Å². The van der Waals surface area contributed by atoms with Gasteiger partial charge in [-0.1, -0.05) is 0 Å². The van der Waals surface area contributed by atoms with Crippen LogP contribution < -0.4 is 4.84 Å². The third kappa shape index (κ3) is 2.02. The second-order valence-electron chi connectivity index (χ2n) is 1.60. The summed E-state index contributed by atoms with van der Waals surface area (Å²) in [5.41, 5.74) is 0.928. The molecule has 0 atom stereocenters. The minimum absolute atomic E-state index is 0.928. The molecule has 3 heteroatoms. The molecule has 0 aliphatic rings. The Morgan fingerprint density at radius 1 is 1.22 bits per heavy atom. The van der Waals surface area contributed by atoms with Crippen LogP contribution in [0.2, 0.25) is 0 Å². The maximum Gasteiger partial charge on any atom is 0.0492 e. The monoisotopic (exact) mass is 253 g/mol. The van der Waals surface area contributed by atoms with E-state index in [4.69, 9.17) is 11.8 Å². The van der Waals surface area contributed by atoms with Crippen LogP contribution in [0, 0.1) is 3.57 Å². The molecule has 0 heterocycles. The summed E-state index contributed by atoms with van der Waals surface area (Å²) in [4.78, 5) is 2.52. The summed E-state index contributed by atoms with van der Waals surface area (Å²) in [6, 6.07) is 7.83. The van der Waals surface area contributed by atoms with Crippen molar-refractivity contribution in [1.29, 1.82) is 0 Å². The van der Waals surface area contributed by atoms with E-state index >= 15 is 0 Å². The molecule has 1 aromatic carbocycles. The highest BCUT2D eigenvalue weighted by molar-refractivity contribution is 14.1. The van der Waals surface area contributed by atoms with Gasteiger partial charge in [0.15, 0.2) is 0 Å². The lowest BCUT2D eigenvalue weighted by atomic mass is 10.3. The van der Waals surface area contributed by atoms with Gasteiger partial charge in [-0.15, -0.1) is 0 Å². The van der Waals surface area contributed by atoms with E-state index in [0.717, 1.165) is 5.69 Å². The van der Waals surface area contributed by atoms with Crippen molar-refractivity contribution in [2.75, 3.05) is 4.84 Å². The van der Waals surface area contributed by atoms with Gasteiger partial charge in [-0.2, -0.15) is 0 Å². The minimum Gasteiger partial charge on any atom is -0.299 e. The number of hydrogen-bond donors (Lipinski definition) is 1. The van der Waals surface area contributed by atoms with E-state index in [1.54, 1.807) is 0 Å². The van der Waals surface area contributed by atoms with Gasteiger partial charge in [0.25, 0.3) is 0 Å². The van der Waals surface area contributed by atoms with Crippen LogP contribution in [0.25, 0.3) is 0 Å². The molecule has 0 aromatic heterocycles. The van der Waals surface area contributed by atoms with Crippen molar-refractivity contribution in [3.8, 4) is 0 Å². The maximum atomic E-state index is 5.33. The number of nitrogens with one attached hydrogen (secondary N) is 1. The molecule has 0 saturated carbocycles. The Labute approximate surface area is 72.7 Å². The Morgan fingerprint density at radius 3 is 2.22 bits per heavy atom. The molecule has 0 bridgehead atoms. The van der Waals surface area contributed by atoms with E-state index in [1.807, 2.05) is 24.3 Å². The molecular weight excluding hydrogens is 248 g/mol. The highest BCUT2D eigenvalue weighted by Gasteiger charge is 1.86. The SMILES string of the molecule is ClNc1ccc(I)cc1. The number of anilines is 1. The molecule has 0 aliphatic heterocycles. The molecule has 0 amide bonds. The molecule has 0 radical (unpaired) electrons. The van der Waals surface area contributed by atoms with Gasteiger partial charge >= 0.3 is 0 Å². The van der Waals surface area contributed by atoms with Gasteiger partial charge in [-0.25, -0.2) is 0 Å². The number of hydrogen-bond acceptors (Lipinski definition) is 1. The van der Waals surface area contributed by atoms with Crippen molar-refractivity contribution in [3.63, 3.8) is 0 Å². The lowest BCUT2D eigenvalue weighted by Crippen LogP contribution is -1.77. The largest absolute Gasteiger partial charge is 0.299 e. The summed E-state index contributed by atoms with van der Waals surface area (Å²) < 4.78 is 1.21. The molecule has 0 aliphatic carbocycles. The zero-order valence-corrected chi connectivity index (χ0v) is 7.48. The number of rotatable bonds is 1. The Bertz CT molecular complexity index is 185. The van der Waals surface area contributed by atoms with Crippen LogP contribution >= 0.6 is 34.4 Å². The Kier molecular flexibility index (Phi) is 2.60. The summed E-state index contributed by atoms with van der Waals surface area (Å²) in [6.07, 6.45) is 0. The van der Waals surface area contributed by atoms with Crippen molar-refractivity contribution in [1.82, 2.24) is 0 Å². The standard InChI is InChI=1S/C6H5ClIN/c7-9-6-3-1-5(8)2-4-6/h1-4,9H. The molecule has 1 aromatic rings. The molecule has 0 saturated heterocycles. The smallest absolute Gasteiger partial charge is 0.0492 e. The second-order valence-corrected chi connectivity index (χ2v) is 3.04. The number of halogens is 2.